The van der Waals surface area contributed by atoms with E-state index in [0.29, 0.717) is 6.61 Å². The van der Waals surface area contributed by atoms with E-state index in [1.165, 1.54) is 17.2 Å². The zero-order chi connectivity index (χ0) is 14.5. The van der Waals surface area contributed by atoms with Crippen LogP contribution in [0, 0.1) is 6.92 Å². The number of hydrogen-bond acceptors (Lipinski definition) is 2. The van der Waals surface area contributed by atoms with Crippen molar-refractivity contribution in [3.63, 3.8) is 0 Å². The van der Waals surface area contributed by atoms with Crippen LogP contribution >= 0.6 is 11.6 Å². The Bertz CT molecular complexity index is 458. The minimum Gasteiger partial charge on any atom is -0.463 e. The molecule has 1 aromatic rings. The van der Waals surface area contributed by atoms with E-state index < -0.39 is 0 Å². The second-order valence-electron chi connectivity index (χ2n) is 5.05. The minimum atomic E-state index is -0.390. The number of aryl methyl sites for hydroxylation is 1. The van der Waals surface area contributed by atoms with Gasteiger partial charge in [0.15, 0.2) is 0 Å². The molecule has 2 nitrogen and oxygen atoms in total. The Morgan fingerprint density at radius 1 is 1.47 bits per heavy atom. The summed E-state index contributed by atoms with van der Waals surface area (Å²) in [7, 11) is 0. The highest BCUT2D eigenvalue weighted by molar-refractivity contribution is 6.23. The second-order valence-corrected chi connectivity index (χ2v) is 5.99. The number of hydrogen-bond donors (Lipinski definition) is 0. The van der Waals surface area contributed by atoms with E-state index in [1.54, 1.807) is 0 Å². The average molecular weight is 281 g/mol. The summed E-state index contributed by atoms with van der Waals surface area (Å²) in [5, 5.41) is 0. The van der Waals surface area contributed by atoms with Crippen LogP contribution < -0.4 is 0 Å². The molecule has 0 radical (unpaired) electrons. The SMILES string of the molecule is C=CC(=O)OCCCc1c(C)cccc1C(C)(C)Cl. The average Bonchev–Trinajstić information content (AvgIpc) is 2.34. The molecule has 0 aliphatic rings. The van der Waals surface area contributed by atoms with Gasteiger partial charge in [0.05, 0.1) is 11.5 Å². The van der Waals surface area contributed by atoms with Gasteiger partial charge in [-0.15, -0.1) is 11.6 Å². The molecule has 1 rings (SSSR count). The van der Waals surface area contributed by atoms with Crippen LogP contribution in [0.5, 0.6) is 0 Å². The van der Waals surface area contributed by atoms with Crippen molar-refractivity contribution in [3.05, 3.63) is 47.5 Å². The summed E-state index contributed by atoms with van der Waals surface area (Å²) in [5.74, 6) is -0.373. The van der Waals surface area contributed by atoms with Crippen LogP contribution in [0.1, 0.15) is 37.0 Å². The Kier molecular flexibility index (Phi) is 5.61. The van der Waals surface area contributed by atoms with E-state index in [2.05, 4.69) is 25.6 Å². The van der Waals surface area contributed by atoms with Gasteiger partial charge in [0.2, 0.25) is 0 Å². The van der Waals surface area contributed by atoms with Gasteiger partial charge in [-0.25, -0.2) is 4.79 Å². The maximum absolute atomic E-state index is 11.0. The number of benzene rings is 1. The molecule has 0 fully saturated rings. The van der Waals surface area contributed by atoms with Crippen molar-refractivity contribution in [2.24, 2.45) is 0 Å². The molecule has 0 N–H and O–H groups in total. The molecule has 0 atom stereocenters. The minimum absolute atomic E-state index is 0.373. The lowest BCUT2D eigenvalue weighted by atomic mass is 9.90. The Morgan fingerprint density at radius 3 is 2.74 bits per heavy atom. The van der Waals surface area contributed by atoms with Crippen molar-refractivity contribution >= 4 is 17.6 Å². The van der Waals surface area contributed by atoms with Crippen LogP contribution in [0.15, 0.2) is 30.9 Å². The standard InChI is InChI=1S/C16H21ClO2/c1-5-15(18)19-11-7-9-13-12(2)8-6-10-14(13)16(3,4)17/h5-6,8,10H,1,7,9,11H2,2-4H3. The van der Waals surface area contributed by atoms with Gasteiger partial charge in [0.1, 0.15) is 0 Å². The largest absolute Gasteiger partial charge is 0.463 e. The molecule has 0 aliphatic heterocycles. The molecule has 104 valence electrons. The number of halogens is 1. The van der Waals surface area contributed by atoms with Crippen molar-refractivity contribution in [1.82, 2.24) is 0 Å². The highest BCUT2D eigenvalue weighted by atomic mass is 35.5. The molecule has 0 spiro atoms. The fraction of sp³-hybridized carbons (Fsp3) is 0.438. The number of alkyl halides is 1. The van der Waals surface area contributed by atoms with Crippen LogP contribution in [0.4, 0.5) is 0 Å². The van der Waals surface area contributed by atoms with Gasteiger partial charge in [-0.05, 0) is 50.3 Å². The summed E-state index contributed by atoms with van der Waals surface area (Å²) in [4.78, 5) is 10.6. The highest BCUT2D eigenvalue weighted by Crippen LogP contribution is 2.32. The molecular weight excluding hydrogens is 260 g/mol. The van der Waals surface area contributed by atoms with E-state index in [4.69, 9.17) is 16.3 Å². The molecule has 0 bridgehead atoms. The molecule has 19 heavy (non-hydrogen) atoms. The maximum Gasteiger partial charge on any atom is 0.330 e. The van der Waals surface area contributed by atoms with Crippen molar-refractivity contribution in [2.75, 3.05) is 6.61 Å². The van der Waals surface area contributed by atoms with E-state index >= 15 is 0 Å². The number of rotatable bonds is 6. The number of ether oxygens (including phenoxy) is 1. The van der Waals surface area contributed by atoms with Crippen molar-refractivity contribution in [1.29, 1.82) is 0 Å². The zero-order valence-electron chi connectivity index (χ0n) is 11.8. The van der Waals surface area contributed by atoms with E-state index in [0.717, 1.165) is 18.4 Å². The van der Waals surface area contributed by atoms with Gasteiger partial charge >= 0.3 is 5.97 Å². The third-order valence-corrected chi connectivity index (χ3v) is 3.24. The lowest BCUT2D eigenvalue weighted by Gasteiger charge is -2.22. The van der Waals surface area contributed by atoms with Gasteiger partial charge in [0, 0.05) is 6.08 Å². The first-order chi connectivity index (χ1) is 8.86. The summed E-state index contributed by atoms with van der Waals surface area (Å²) >= 11 is 6.42. The van der Waals surface area contributed by atoms with Gasteiger partial charge in [-0.1, -0.05) is 24.8 Å². The van der Waals surface area contributed by atoms with Gasteiger partial charge in [-0.2, -0.15) is 0 Å². The lowest BCUT2D eigenvalue weighted by molar-refractivity contribution is -0.137. The van der Waals surface area contributed by atoms with Crippen molar-refractivity contribution in [2.45, 2.75) is 38.5 Å². The predicted octanol–water partition coefficient (Wildman–Crippen LogP) is 4.13. The lowest BCUT2D eigenvalue weighted by Crippen LogP contribution is -2.13. The molecule has 0 saturated carbocycles. The van der Waals surface area contributed by atoms with Crippen LogP contribution in [-0.2, 0) is 20.8 Å². The fourth-order valence-corrected chi connectivity index (χ4v) is 2.25. The summed E-state index contributed by atoms with van der Waals surface area (Å²) in [6.07, 6.45) is 2.81. The second kappa shape index (κ2) is 6.76. The smallest absolute Gasteiger partial charge is 0.330 e. The van der Waals surface area contributed by atoms with Crippen LogP contribution in [0.3, 0.4) is 0 Å². The quantitative estimate of drug-likeness (QED) is 0.339. The Morgan fingerprint density at radius 2 is 2.16 bits per heavy atom. The molecule has 3 heteroatoms. The monoisotopic (exact) mass is 280 g/mol. The molecule has 0 unspecified atom stereocenters. The molecule has 0 heterocycles. The summed E-state index contributed by atoms with van der Waals surface area (Å²) in [6, 6.07) is 6.17. The molecule has 0 aliphatic carbocycles. The third kappa shape index (κ3) is 4.71. The summed E-state index contributed by atoms with van der Waals surface area (Å²) in [5.41, 5.74) is 3.61. The maximum atomic E-state index is 11.0. The topological polar surface area (TPSA) is 26.3 Å². The Balaban J connectivity index is 2.72. The number of carbonyl (C=O) groups is 1. The van der Waals surface area contributed by atoms with Crippen LogP contribution in [0.25, 0.3) is 0 Å². The highest BCUT2D eigenvalue weighted by Gasteiger charge is 2.20. The third-order valence-electron chi connectivity index (χ3n) is 3.03. The zero-order valence-corrected chi connectivity index (χ0v) is 12.6. The molecule has 0 aromatic heterocycles. The van der Waals surface area contributed by atoms with Gasteiger partial charge in [-0.3, -0.25) is 0 Å². The molecule has 1 aromatic carbocycles. The first-order valence-corrected chi connectivity index (χ1v) is 6.81. The van der Waals surface area contributed by atoms with Crippen LogP contribution in [0.2, 0.25) is 0 Å². The van der Waals surface area contributed by atoms with E-state index in [-0.39, 0.29) is 10.8 Å². The number of carbonyl (C=O) groups excluding carboxylic acids is 1. The fourth-order valence-electron chi connectivity index (χ4n) is 2.07. The predicted molar refractivity (Wildman–Crippen MR) is 79.5 cm³/mol. The summed E-state index contributed by atoms with van der Waals surface area (Å²) in [6.45, 7) is 9.83. The summed E-state index contributed by atoms with van der Waals surface area (Å²) < 4.78 is 4.99. The molecule has 0 amide bonds. The first kappa shape index (κ1) is 15.8. The molecular formula is C16H21ClO2. The van der Waals surface area contributed by atoms with E-state index in [9.17, 15) is 4.79 Å². The Labute approximate surface area is 120 Å². The van der Waals surface area contributed by atoms with Gasteiger partial charge < -0.3 is 4.74 Å². The van der Waals surface area contributed by atoms with Gasteiger partial charge in [0.25, 0.3) is 0 Å². The number of esters is 1. The van der Waals surface area contributed by atoms with Crippen molar-refractivity contribution in [3.8, 4) is 0 Å². The van der Waals surface area contributed by atoms with Crippen molar-refractivity contribution < 1.29 is 9.53 Å². The van der Waals surface area contributed by atoms with E-state index in [1.807, 2.05) is 19.9 Å². The molecule has 0 saturated heterocycles. The Hall–Kier alpha value is -1.28. The van der Waals surface area contributed by atoms with Crippen LogP contribution in [-0.4, -0.2) is 12.6 Å². The normalized spacial score (nSPS) is 11.2. The first-order valence-electron chi connectivity index (χ1n) is 6.43.